The van der Waals surface area contributed by atoms with Crippen molar-refractivity contribution >= 4 is 34.1 Å². The third-order valence-electron chi connectivity index (χ3n) is 4.21. The van der Waals surface area contributed by atoms with E-state index in [9.17, 15) is 13.6 Å². The molecule has 1 amide bonds. The third-order valence-corrected chi connectivity index (χ3v) is 5.14. The Balaban J connectivity index is 1.88. The Morgan fingerprint density at radius 1 is 1.52 bits per heavy atom. The van der Waals surface area contributed by atoms with Crippen molar-refractivity contribution in [2.75, 3.05) is 6.54 Å². The van der Waals surface area contributed by atoms with Gasteiger partial charge in [0.25, 0.3) is 0 Å². The van der Waals surface area contributed by atoms with Gasteiger partial charge in [0.05, 0.1) is 17.0 Å². The van der Waals surface area contributed by atoms with Crippen molar-refractivity contribution in [3.63, 3.8) is 0 Å². The van der Waals surface area contributed by atoms with Gasteiger partial charge >= 0.3 is 0 Å². The van der Waals surface area contributed by atoms with Gasteiger partial charge in [-0.15, -0.1) is 0 Å². The number of benzene rings is 1. The van der Waals surface area contributed by atoms with Gasteiger partial charge in [0, 0.05) is 29.4 Å². The highest BCUT2D eigenvalue weighted by Gasteiger charge is 2.31. The minimum Gasteiger partial charge on any atom is -0.343 e. The summed E-state index contributed by atoms with van der Waals surface area (Å²) in [4.78, 5) is 14.8. The van der Waals surface area contributed by atoms with Gasteiger partial charge in [-0.05, 0) is 46.7 Å². The first-order chi connectivity index (χ1) is 11.9. The second-order valence-electron chi connectivity index (χ2n) is 5.74. The number of nitrogens with one attached hydrogen (secondary N) is 2. The lowest BCUT2D eigenvalue weighted by atomic mass is 9.95. The largest absolute Gasteiger partial charge is 0.343 e. The van der Waals surface area contributed by atoms with Crippen molar-refractivity contribution < 1.29 is 13.6 Å². The van der Waals surface area contributed by atoms with Gasteiger partial charge in [-0.2, -0.15) is 5.26 Å². The lowest BCUT2D eigenvalue weighted by Gasteiger charge is -2.13. The summed E-state index contributed by atoms with van der Waals surface area (Å²) in [6, 6.07) is 4.40. The molecule has 2 aromatic rings. The Bertz CT molecular complexity index is 947. The Kier molecular flexibility index (Phi) is 5.01. The summed E-state index contributed by atoms with van der Waals surface area (Å²) < 4.78 is 30.9. The first-order valence-electron chi connectivity index (χ1n) is 7.50. The van der Waals surface area contributed by atoms with Gasteiger partial charge in [0.1, 0.15) is 18.2 Å². The number of imidazole rings is 1. The fourth-order valence-electron chi connectivity index (χ4n) is 3.12. The van der Waals surface area contributed by atoms with Gasteiger partial charge in [-0.3, -0.25) is 4.79 Å². The quantitative estimate of drug-likeness (QED) is 0.448. The van der Waals surface area contributed by atoms with Crippen LogP contribution in [0.3, 0.4) is 0 Å². The van der Waals surface area contributed by atoms with Crippen LogP contribution in [-0.4, -0.2) is 22.0 Å². The van der Waals surface area contributed by atoms with Crippen LogP contribution in [0.5, 0.6) is 0 Å². The van der Waals surface area contributed by atoms with Crippen LogP contribution >= 0.6 is 28.1 Å². The van der Waals surface area contributed by atoms with Gasteiger partial charge in [-0.1, -0.05) is 0 Å². The fourth-order valence-corrected chi connectivity index (χ4v) is 3.77. The molecule has 130 valence electrons. The number of hydrogen-bond acceptors (Lipinski definition) is 3. The maximum absolute atomic E-state index is 14.4. The van der Waals surface area contributed by atoms with Crippen LogP contribution in [-0.2, 0) is 24.2 Å². The SMILES string of the molecule is N#CCNC(=O)Cc1[nH]c(=S)n2c1CC(c1c(F)ccc(Br)c1F)C2. The van der Waals surface area contributed by atoms with Crippen molar-refractivity contribution in [2.24, 2.45) is 0 Å². The van der Waals surface area contributed by atoms with E-state index in [1.807, 2.05) is 6.07 Å². The molecule has 2 N–H and O–H groups in total. The minimum absolute atomic E-state index is 0.0207. The smallest absolute Gasteiger partial charge is 0.226 e. The van der Waals surface area contributed by atoms with Gasteiger partial charge in [0.15, 0.2) is 4.77 Å². The molecule has 25 heavy (non-hydrogen) atoms. The molecule has 1 aliphatic heterocycles. The molecule has 1 unspecified atom stereocenters. The maximum atomic E-state index is 14.4. The molecular weight excluding hydrogens is 414 g/mol. The van der Waals surface area contributed by atoms with Crippen molar-refractivity contribution in [1.29, 1.82) is 5.26 Å². The number of nitriles is 1. The highest BCUT2D eigenvalue weighted by atomic mass is 79.9. The zero-order valence-corrected chi connectivity index (χ0v) is 15.3. The summed E-state index contributed by atoms with van der Waals surface area (Å²) in [5, 5.41) is 11.0. The molecule has 3 rings (SSSR count). The van der Waals surface area contributed by atoms with Crippen molar-refractivity contribution in [3.8, 4) is 6.07 Å². The molecule has 9 heteroatoms. The van der Waals surface area contributed by atoms with E-state index in [-0.39, 0.29) is 28.9 Å². The van der Waals surface area contributed by atoms with E-state index in [1.165, 1.54) is 12.1 Å². The second-order valence-corrected chi connectivity index (χ2v) is 6.98. The summed E-state index contributed by atoms with van der Waals surface area (Å²) >= 11 is 8.35. The first kappa shape index (κ1) is 17.8. The first-order valence-corrected chi connectivity index (χ1v) is 8.70. The number of H-pyrrole nitrogens is 1. The molecule has 0 fully saturated rings. The summed E-state index contributed by atoms with van der Waals surface area (Å²) in [5.74, 6) is -1.92. The van der Waals surface area contributed by atoms with E-state index < -0.39 is 17.6 Å². The number of aromatic nitrogens is 2. The molecule has 0 saturated heterocycles. The van der Waals surface area contributed by atoms with E-state index in [2.05, 4.69) is 26.2 Å². The van der Waals surface area contributed by atoms with Crippen molar-refractivity contribution in [2.45, 2.75) is 25.3 Å². The molecule has 0 spiro atoms. The highest BCUT2D eigenvalue weighted by Crippen LogP contribution is 2.36. The van der Waals surface area contributed by atoms with Gasteiger partial charge in [0.2, 0.25) is 5.91 Å². The van der Waals surface area contributed by atoms with E-state index in [0.29, 0.717) is 23.4 Å². The van der Waals surface area contributed by atoms with Crippen LogP contribution in [0.1, 0.15) is 22.9 Å². The maximum Gasteiger partial charge on any atom is 0.226 e. The minimum atomic E-state index is -0.612. The number of carbonyl (C=O) groups is 1. The van der Waals surface area contributed by atoms with Crippen LogP contribution in [0, 0.1) is 27.7 Å². The molecule has 1 aromatic carbocycles. The van der Waals surface area contributed by atoms with Crippen LogP contribution in [0.15, 0.2) is 16.6 Å². The number of nitrogens with zero attached hydrogens (tertiary/aromatic N) is 2. The summed E-state index contributed by atoms with van der Waals surface area (Å²) in [7, 11) is 0. The predicted molar refractivity (Wildman–Crippen MR) is 92.4 cm³/mol. The van der Waals surface area contributed by atoms with Crippen LogP contribution in [0.4, 0.5) is 8.78 Å². The number of hydrogen-bond donors (Lipinski definition) is 2. The molecule has 0 bridgehead atoms. The van der Waals surface area contributed by atoms with Crippen LogP contribution in [0.25, 0.3) is 0 Å². The van der Waals surface area contributed by atoms with E-state index in [0.717, 1.165) is 5.69 Å². The molecule has 2 heterocycles. The highest BCUT2D eigenvalue weighted by molar-refractivity contribution is 9.10. The Hall–Kier alpha value is -2.05. The zero-order valence-electron chi connectivity index (χ0n) is 12.9. The molecule has 5 nitrogen and oxygen atoms in total. The summed E-state index contributed by atoms with van der Waals surface area (Å²) in [5.41, 5.74) is 1.40. The Morgan fingerprint density at radius 3 is 3.00 bits per heavy atom. The van der Waals surface area contributed by atoms with Gasteiger partial charge in [-0.25, -0.2) is 8.78 Å². The van der Waals surface area contributed by atoms with Gasteiger partial charge < -0.3 is 14.9 Å². The number of aromatic amines is 1. The summed E-state index contributed by atoms with van der Waals surface area (Å²) in [6.07, 6.45) is 0.405. The molecule has 0 saturated carbocycles. The zero-order chi connectivity index (χ0) is 18.1. The predicted octanol–water partition coefficient (Wildman–Crippen LogP) is 3.11. The lowest BCUT2D eigenvalue weighted by molar-refractivity contribution is -0.120. The van der Waals surface area contributed by atoms with Crippen LogP contribution in [0.2, 0.25) is 0 Å². The monoisotopic (exact) mass is 426 g/mol. The van der Waals surface area contributed by atoms with E-state index in [4.69, 9.17) is 17.5 Å². The number of amides is 1. The third kappa shape index (κ3) is 3.37. The normalized spacial score (nSPS) is 15.7. The molecule has 1 aliphatic rings. The average molecular weight is 427 g/mol. The number of carbonyl (C=O) groups excluding carboxylic acids is 1. The average Bonchev–Trinajstić information content (AvgIpc) is 3.11. The molecule has 1 atom stereocenters. The second kappa shape index (κ2) is 7.06. The van der Waals surface area contributed by atoms with E-state index >= 15 is 0 Å². The topological polar surface area (TPSA) is 73.6 Å². The van der Waals surface area contributed by atoms with Crippen LogP contribution < -0.4 is 5.32 Å². The summed E-state index contributed by atoms with van der Waals surface area (Å²) in [6.45, 7) is 0.265. The molecule has 0 radical (unpaired) electrons. The van der Waals surface area contributed by atoms with E-state index in [1.54, 1.807) is 4.57 Å². The standard InChI is InChI=1S/C16H13BrF2N4OS/c17-9-1-2-10(18)14(15(9)19)8-5-12-11(6-13(24)21-4-3-20)22-16(25)23(12)7-8/h1-2,8H,4-7H2,(H,21,24)(H,22,25). The Labute approximate surface area is 155 Å². The number of fused-ring (bicyclic) bond motifs is 1. The molecule has 1 aromatic heterocycles. The number of halogens is 3. The molecule has 0 aliphatic carbocycles. The molecular formula is C16H13BrF2N4OS. The lowest BCUT2D eigenvalue weighted by Crippen LogP contribution is -2.25. The van der Waals surface area contributed by atoms with Crippen molar-refractivity contribution in [1.82, 2.24) is 14.9 Å². The fraction of sp³-hybridized carbons (Fsp3) is 0.312. The number of rotatable bonds is 4. The Morgan fingerprint density at radius 2 is 2.28 bits per heavy atom. The van der Waals surface area contributed by atoms with Crippen molar-refractivity contribution in [3.05, 3.63) is 50.0 Å².